The summed E-state index contributed by atoms with van der Waals surface area (Å²) in [7, 11) is 0. The van der Waals surface area contributed by atoms with Gasteiger partial charge in [0.15, 0.2) is 0 Å². The average Bonchev–Trinajstić information content (AvgIpc) is 4.00. The predicted octanol–water partition coefficient (Wildman–Crippen LogP) is 3.70. The van der Waals surface area contributed by atoms with Gasteiger partial charge in [0, 0.05) is 119 Å². The quantitative estimate of drug-likeness (QED) is 0.0776. The molecule has 0 saturated heterocycles. The minimum atomic E-state index is 0. The van der Waals surface area contributed by atoms with E-state index in [9.17, 15) is 4.79 Å². The van der Waals surface area contributed by atoms with Gasteiger partial charge in [-0.1, -0.05) is 48.9 Å². The molecule has 0 bridgehead atoms. The van der Waals surface area contributed by atoms with Crippen LogP contribution in [-0.2, 0) is 67.7 Å². The maximum atomic E-state index is 10.0. The van der Waals surface area contributed by atoms with E-state index in [1.165, 1.54) is 38.5 Å². The summed E-state index contributed by atoms with van der Waals surface area (Å²) in [6.07, 6.45) is 15.1. The Bertz CT molecular complexity index is 1570. The first kappa shape index (κ1) is 78.6. The van der Waals surface area contributed by atoms with Crippen molar-refractivity contribution in [3.63, 3.8) is 0 Å². The number of nitrogens with zero attached hydrogens (tertiary/aromatic N) is 2. The summed E-state index contributed by atoms with van der Waals surface area (Å²) < 4.78 is 0. The zero-order valence-electron chi connectivity index (χ0n) is 36.1. The summed E-state index contributed by atoms with van der Waals surface area (Å²) in [6.45, 7) is 23.9. The van der Waals surface area contributed by atoms with Crippen molar-refractivity contribution < 1.29 is 98.7 Å². The number of pyridine rings is 2. The van der Waals surface area contributed by atoms with Crippen LogP contribution >= 0.6 is 23.2 Å². The van der Waals surface area contributed by atoms with Gasteiger partial charge in [0.05, 0.1) is 11.0 Å². The van der Waals surface area contributed by atoms with Crippen LogP contribution in [0.1, 0.15) is 52.8 Å². The fourth-order valence-corrected chi connectivity index (χ4v) is 5.99. The van der Waals surface area contributed by atoms with Gasteiger partial charge in [0.1, 0.15) is 6.29 Å². The number of aldehydes is 1. The van der Waals surface area contributed by atoms with Crippen molar-refractivity contribution in [2.24, 2.45) is 17.6 Å². The number of carbonyl (C=O) groups is 1. The topological polar surface area (TPSA) is 207 Å². The number of aromatic nitrogens is 2. The molecule has 0 unspecified atom stereocenters. The summed E-state index contributed by atoms with van der Waals surface area (Å²) in [4.78, 5) is 65.1. The Morgan fingerprint density at radius 2 is 1.02 bits per heavy atom. The number of nitrogens with two attached hydrogens (primary N) is 1. The Balaban J connectivity index is -0.0000000734. The van der Waals surface area contributed by atoms with Gasteiger partial charge in [0.25, 0.3) is 0 Å². The van der Waals surface area contributed by atoms with Crippen molar-refractivity contribution in [2.45, 2.75) is 51.4 Å². The van der Waals surface area contributed by atoms with Gasteiger partial charge in [-0.15, -0.1) is 0 Å². The van der Waals surface area contributed by atoms with Crippen molar-refractivity contribution >= 4 is 112 Å². The van der Waals surface area contributed by atoms with Crippen molar-refractivity contribution in [1.29, 1.82) is 0 Å². The Labute approximate surface area is 420 Å². The fourth-order valence-electron chi connectivity index (χ4n) is 5.66. The number of rotatable bonds is 10. The van der Waals surface area contributed by atoms with Gasteiger partial charge >= 0.3 is 29.6 Å². The van der Waals surface area contributed by atoms with E-state index in [2.05, 4.69) is 66.7 Å². The zero-order chi connectivity index (χ0) is 42.3. The van der Waals surface area contributed by atoms with Gasteiger partial charge in [-0.25, -0.2) is 0 Å². The second-order valence-electron chi connectivity index (χ2n) is 11.2. The van der Waals surface area contributed by atoms with Gasteiger partial charge < -0.3 is 71.5 Å². The first-order valence-corrected chi connectivity index (χ1v) is 17.7. The van der Waals surface area contributed by atoms with Gasteiger partial charge in [0.2, 0.25) is 0 Å². The molecular formula is C42H57BCl2Mn2N6NaO7-8. The SMILES string of the molecule is Clc1ccc2c(NCCNCC3CCCC3)ccnc2c1.NCCNc1ccnc2cc(Cl)ccc12.O=CC1CCCC1.[B].[CH-]=O.[CH-]=O.[CH-]=O.[CH-]=O.[CH-]=O.[CH-]=O.[CH3-].[CH3-].[H-].[Mn].[Mn].[Na+]. The number of halogens is 2. The maximum absolute atomic E-state index is 10.0. The Kier molecular flexibility index (Phi) is 73.7. The Morgan fingerprint density at radius 1 is 0.639 bits per heavy atom. The minimum absolute atomic E-state index is 0. The number of carbonyl (C=O) groups excluding carboxylic acids is 7. The zero-order valence-corrected chi connectivity index (χ0v) is 41.0. The number of nitrogens with one attached hydrogen (secondary N) is 3. The number of hydrogen-bond acceptors (Lipinski definition) is 13. The molecule has 13 nitrogen and oxygen atoms in total. The van der Waals surface area contributed by atoms with E-state index in [0.29, 0.717) is 17.5 Å². The van der Waals surface area contributed by atoms with E-state index >= 15 is 0 Å². The molecule has 5 N–H and O–H groups in total. The molecule has 19 heteroatoms. The van der Waals surface area contributed by atoms with Crippen LogP contribution in [0.4, 0.5) is 11.4 Å². The molecule has 2 saturated carbocycles. The second-order valence-corrected chi connectivity index (χ2v) is 12.1. The normalized spacial score (nSPS) is 11.0. The van der Waals surface area contributed by atoms with Crippen LogP contribution in [0.2, 0.25) is 10.0 Å². The molecule has 2 aliphatic carbocycles. The summed E-state index contributed by atoms with van der Waals surface area (Å²) >= 11 is 11.9. The fraction of sp³-hybridized carbons (Fsp3) is 0.357. The average molecular weight is 973 g/mol. The minimum Gasteiger partial charge on any atom is -1.00 e. The standard InChI is InChI=1S/C17H22ClN3.C11H12ClN3.C6H10O.6CHO.2CH3.B.2Mn.Na.H/c18-14-5-6-15-16(7-8-20-17(15)11-14)21-10-9-19-12-13-3-1-2-4-13;12-8-1-2-9-10(15-6-4-13)3-5-14-11(9)7-8;7-5-6-3-1-2-4-6;6*1-2;;;;;;;/h5-8,11,13,19H,1-4,9-10,12H2,(H,20,21);1-3,5,7H,4,6,13H2,(H,14,15);5-6H,1-4H2;6*1H;2*1H3;;;;;/q;;;8*-1;;;;+1;-1. The molecule has 6 rings (SSSR count). The van der Waals surface area contributed by atoms with Crippen LogP contribution < -0.4 is 51.2 Å². The Morgan fingerprint density at radius 3 is 1.38 bits per heavy atom. The van der Waals surface area contributed by atoms with E-state index in [1.807, 2.05) is 54.7 Å². The van der Waals surface area contributed by atoms with Crippen LogP contribution in [0.3, 0.4) is 0 Å². The summed E-state index contributed by atoms with van der Waals surface area (Å²) in [6, 6.07) is 15.5. The van der Waals surface area contributed by atoms with Crippen molar-refractivity contribution in [2.75, 3.05) is 43.4 Å². The van der Waals surface area contributed by atoms with E-state index in [-0.39, 0.29) is 88.4 Å². The molecule has 0 amide bonds. The molecule has 2 fully saturated rings. The molecule has 0 spiro atoms. The molecule has 2 aliphatic rings. The summed E-state index contributed by atoms with van der Waals surface area (Å²) in [5.74, 6) is 1.31. The molecule has 337 valence electrons. The molecule has 2 heterocycles. The van der Waals surface area contributed by atoms with Crippen molar-refractivity contribution in [1.82, 2.24) is 15.3 Å². The maximum Gasteiger partial charge on any atom is 1.00 e. The third-order valence-electron chi connectivity index (χ3n) is 7.99. The van der Waals surface area contributed by atoms with Crippen LogP contribution in [0.5, 0.6) is 0 Å². The molecule has 5 radical (unpaired) electrons. The number of anilines is 2. The van der Waals surface area contributed by atoms with Crippen LogP contribution in [0.15, 0.2) is 60.9 Å². The first-order chi connectivity index (χ1) is 27.1. The molecule has 2 aromatic heterocycles. The van der Waals surface area contributed by atoms with E-state index in [0.717, 1.165) is 89.4 Å². The molecule has 0 atom stereocenters. The second kappa shape index (κ2) is 57.2. The van der Waals surface area contributed by atoms with Crippen LogP contribution in [0, 0.1) is 26.7 Å². The van der Waals surface area contributed by atoms with Gasteiger partial charge in [-0.3, -0.25) is 50.7 Å². The summed E-state index contributed by atoms with van der Waals surface area (Å²) in [5, 5.41) is 13.9. The molecule has 0 aliphatic heterocycles. The first-order valence-electron chi connectivity index (χ1n) is 16.9. The van der Waals surface area contributed by atoms with Gasteiger partial charge in [-0.2, -0.15) is 0 Å². The summed E-state index contributed by atoms with van der Waals surface area (Å²) in [5.41, 5.74) is 9.44. The van der Waals surface area contributed by atoms with Crippen LogP contribution in [0.25, 0.3) is 21.8 Å². The Hall–Kier alpha value is -2.85. The molecule has 2 aromatic carbocycles. The number of fused-ring (bicyclic) bond motifs is 2. The van der Waals surface area contributed by atoms with E-state index < -0.39 is 0 Å². The van der Waals surface area contributed by atoms with Gasteiger partial charge in [-0.05, 0) is 86.7 Å². The van der Waals surface area contributed by atoms with Crippen LogP contribution in [-0.4, -0.2) is 98.1 Å². The smallest absolute Gasteiger partial charge is 1.00 e. The molecule has 61 heavy (non-hydrogen) atoms. The van der Waals surface area contributed by atoms with E-state index in [4.69, 9.17) is 57.7 Å². The third kappa shape index (κ3) is 34.3. The third-order valence-corrected chi connectivity index (χ3v) is 8.46. The largest absolute Gasteiger partial charge is 1.00 e. The predicted molar refractivity (Wildman–Crippen MR) is 243 cm³/mol. The number of benzene rings is 2. The van der Waals surface area contributed by atoms with E-state index in [1.54, 1.807) is 6.20 Å². The molecule has 4 aromatic rings. The molecular weight excluding hydrogens is 915 g/mol. The number of hydrogen-bond donors (Lipinski definition) is 4. The monoisotopic (exact) mass is 971 g/mol. The van der Waals surface area contributed by atoms with Crippen molar-refractivity contribution in [3.05, 3.63) is 85.8 Å². The van der Waals surface area contributed by atoms with Crippen molar-refractivity contribution in [3.8, 4) is 0 Å².